The quantitative estimate of drug-likeness (QED) is 0.501. The Morgan fingerprint density at radius 3 is 2.58 bits per heavy atom. The van der Waals surface area contributed by atoms with Crippen LogP contribution in [0.15, 0.2) is 47.4 Å². The van der Waals surface area contributed by atoms with E-state index in [1.165, 1.54) is 16.4 Å². The summed E-state index contributed by atoms with van der Waals surface area (Å²) >= 11 is 0. The average Bonchev–Trinajstić information content (AvgIpc) is 2.82. The van der Waals surface area contributed by atoms with Gasteiger partial charge in [0.05, 0.1) is 16.4 Å². The molecule has 0 bridgehead atoms. The lowest BCUT2D eigenvalue weighted by atomic mass is 9.97. The molecule has 0 radical (unpaired) electrons. The van der Waals surface area contributed by atoms with E-state index in [2.05, 4.69) is 5.32 Å². The van der Waals surface area contributed by atoms with E-state index in [-0.39, 0.29) is 41.6 Å². The fraction of sp³-hybridized carbons (Fsp3) is 0.409. The molecule has 0 unspecified atom stereocenters. The number of benzene rings is 2. The number of amides is 1. The van der Waals surface area contributed by atoms with Crippen molar-refractivity contribution in [2.24, 2.45) is 5.92 Å². The number of non-ortho nitro benzene ring substituents is 1. The molecule has 10 nitrogen and oxygen atoms in total. The Morgan fingerprint density at radius 2 is 1.88 bits per heavy atom. The first-order valence-electron chi connectivity index (χ1n) is 10.7. The number of nitro groups is 1. The van der Waals surface area contributed by atoms with Crippen LogP contribution in [0.25, 0.3) is 0 Å². The molecule has 11 heteroatoms. The van der Waals surface area contributed by atoms with E-state index >= 15 is 0 Å². The van der Waals surface area contributed by atoms with Gasteiger partial charge in [-0.15, -0.1) is 0 Å². The summed E-state index contributed by atoms with van der Waals surface area (Å²) in [4.78, 5) is 23.0. The maximum Gasteiger partial charge on any atom is 0.270 e. The lowest BCUT2D eigenvalue weighted by Crippen LogP contribution is -2.46. The van der Waals surface area contributed by atoms with Crippen LogP contribution < -0.4 is 14.8 Å². The van der Waals surface area contributed by atoms with E-state index in [4.69, 9.17) is 9.47 Å². The van der Waals surface area contributed by atoms with Crippen LogP contribution in [0.3, 0.4) is 0 Å². The van der Waals surface area contributed by atoms with E-state index in [1.807, 2.05) is 24.3 Å². The number of sulfonamides is 1. The van der Waals surface area contributed by atoms with Gasteiger partial charge in [-0.3, -0.25) is 14.9 Å². The Hall–Kier alpha value is -3.18. The lowest BCUT2D eigenvalue weighted by molar-refractivity contribution is -0.385. The molecule has 0 saturated carbocycles. The smallest absolute Gasteiger partial charge is 0.270 e. The van der Waals surface area contributed by atoms with Gasteiger partial charge >= 0.3 is 0 Å². The molecule has 2 heterocycles. The fourth-order valence-corrected chi connectivity index (χ4v) is 5.71. The Labute approximate surface area is 191 Å². The van der Waals surface area contributed by atoms with Crippen molar-refractivity contribution in [3.8, 4) is 11.5 Å². The summed E-state index contributed by atoms with van der Waals surface area (Å²) in [5.41, 5.74) is 0.168. The number of carbonyl (C=O) groups is 1. The highest BCUT2D eigenvalue weighted by molar-refractivity contribution is 7.89. The van der Waals surface area contributed by atoms with Gasteiger partial charge in [-0.1, -0.05) is 18.2 Å². The molecule has 2 aromatic rings. The van der Waals surface area contributed by atoms with Crippen molar-refractivity contribution in [3.63, 3.8) is 0 Å². The van der Waals surface area contributed by atoms with Crippen molar-refractivity contribution in [3.05, 3.63) is 58.1 Å². The topological polar surface area (TPSA) is 128 Å². The molecule has 2 aromatic carbocycles. The molecule has 2 aliphatic rings. The molecule has 1 amide bonds. The minimum absolute atomic E-state index is 0.0747. The monoisotopic (exact) mass is 475 g/mol. The highest BCUT2D eigenvalue weighted by Gasteiger charge is 2.34. The maximum atomic E-state index is 13.1. The number of rotatable bonds is 6. The number of nitrogens with zero attached hydrogens (tertiary/aromatic N) is 2. The first-order valence-corrected chi connectivity index (χ1v) is 12.1. The third-order valence-electron chi connectivity index (χ3n) is 5.90. The van der Waals surface area contributed by atoms with Crippen LogP contribution in [-0.4, -0.2) is 55.9 Å². The van der Waals surface area contributed by atoms with Gasteiger partial charge in [-0.25, -0.2) is 8.42 Å². The highest BCUT2D eigenvalue weighted by atomic mass is 32.2. The van der Waals surface area contributed by atoms with Crippen LogP contribution in [0.5, 0.6) is 11.5 Å². The molecular formula is C22H25N3O7S. The molecular weight excluding hydrogens is 450 g/mol. The standard InChI is InChI=1S/C22H25N3O7S/c1-15-6-7-17(25(27)28)12-21(15)33(29,30)24-10-8-16(9-11-24)22(26)23-13-18-14-31-19-4-2-3-5-20(19)32-18/h2-7,12,16,18H,8-11,13-14H2,1H3,(H,23,26)/t18-/m0/s1. The van der Waals surface area contributed by atoms with Crippen LogP contribution in [0.4, 0.5) is 5.69 Å². The highest BCUT2D eigenvalue weighted by Crippen LogP contribution is 2.31. The summed E-state index contributed by atoms with van der Waals surface area (Å²) in [5.74, 6) is 0.839. The molecule has 1 fully saturated rings. The molecule has 176 valence electrons. The van der Waals surface area contributed by atoms with Gasteiger partial charge in [0.1, 0.15) is 12.7 Å². The van der Waals surface area contributed by atoms with Gasteiger partial charge in [0.2, 0.25) is 15.9 Å². The second kappa shape index (κ2) is 9.36. The van der Waals surface area contributed by atoms with Gasteiger partial charge in [0.15, 0.2) is 11.5 Å². The molecule has 1 N–H and O–H groups in total. The van der Waals surface area contributed by atoms with Crippen LogP contribution in [0.1, 0.15) is 18.4 Å². The number of hydrogen-bond acceptors (Lipinski definition) is 7. The fourth-order valence-electron chi connectivity index (χ4n) is 4.00. The van der Waals surface area contributed by atoms with Gasteiger partial charge in [0, 0.05) is 31.1 Å². The first kappa shape index (κ1) is 23.0. The number of hydrogen-bond donors (Lipinski definition) is 1. The number of carbonyl (C=O) groups excluding carboxylic acids is 1. The zero-order chi connectivity index (χ0) is 23.6. The molecule has 33 heavy (non-hydrogen) atoms. The van der Waals surface area contributed by atoms with Gasteiger partial charge in [-0.05, 0) is 37.5 Å². The largest absolute Gasteiger partial charge is 0.486 e. The molecule has 0 aliphatic carbocycles. The predicted molar refractivity (Wildman–Crippen MR) is 119 cm³/mol. The molecule has 4 rings (SSSR count). The van der Waals surface area contributed by atoms with Gasteiger partial charge < -0.3 is 14.8 Å². The number of piperidine rings is 1. The van der Waals surface area contributed by atoms with E-state index in [9.17, 15) is 23.3 Å². The first-order chi connectivity index (χ1) is 15.8. The Bertz CT molecular complexity index is 1160. The zero-order valence-electron chi connectivity index (χ0n) is 18.1. The number of ether oxygens (including phenoxy) is 2. The van der Waals surface area contributed by atoms with Crippen molar-refractivity contribution < 1.29 is 27.6 Å². The lowest BCUT2D eigenvalue weighted by Gasteiger charge is -2.31. The molecule has 1 atom stereocenters. The van der Waals surface area contributed by atoms with Crippen LogP contribution in [0.2, 0.25) is 0 Å². The Kier molecular flexibility index (Phi) is 6.52. The number of para-hydroxylation sites is 2. The number of fused-ring (bicyclic) bond motifs is 1. The molecule has 1 saturated heterocycles. The summed E-state index contributed by atoms with van der Waals surface area (Å²) in [7, 11) is -3.90. The summed E-state index contributed by atoms with van der Waals surface area (Å²) in [6.45, 7) is 2.55. The summed E-state index contributed by atoms with van der Waals surface area (Å²) in [6, 6.07) is 11.1. The van der Waals surface area contributed by atoms with Crippen LogP contribution in [-0.2, 0) is 14.8 Å². The van der Waals surface area contributed by atoms with Crippen molar-refractivity contribution >= 4 is 21.6 Å². The SMILES string of the molecule is Cc1ccc([N+](=O)[O-])cc1S(=O)(=O)N1CCC(C(=O)NC[C@H]2COc3ccccc3O2)CC1. The predicted octanol–water partition coefficient (Wildman–Crippen LogP) is 2.26. The van der Waals surface area contributed by atoms with Crippen molar-refractivity contribution in [1.82, 2.24) is 9.62 Å². The molecule has 0 spiro atoms. The van der Waals surface area contributed by atoms with E-state index in [1.54, 1.807) is 6.92 Å². The summed E-state index contributed by atoms with van der Waals surface area (Å²) < 4.78 is 38.9. The molecule has 2 aliphatic heterocycles. The third-order valence-corrected chi connectivity index (χ3v) is 7.94. The summed E-state index contributed by atoms with van der Waals surface area (Å²) in [6.07, 6.45) is 0.425. The number of nitrogens with one attached hydrogen (secondary N) is 1. The second-order valence-electron chi connectivity index (χ2n) is 8.13. The third kappa shape index (κ3) is 4.93. The minimum atomic E-state index is -3.90. The van der Waals surface area contributed by atoms with E-state index < -0.39 is 14.9 Å². The maximum absolute atomic E-state index is 13.1. The van der Waals surface area contributed by atoms with Crippen LogP contribution >= 0.6 is 0 Å². The molecule has 0 aromatic heterocycles. The number of aryl methyl sites for hydroxylation is 1. The van der Waals surface area contributed by atoms with E-state index in [0.717, 1.165) is 6.07 Å². The average molecular weight is 476 g/mol. The summed E-state index contributed by atoms with van der Waals surface area (Å²) in [5, 5.41) is 13.9. The van der Waals surface area contributed by atoms with Crippen molar-refractivity contribution in [2.45, 2.75) is 30.8 Å². The van der Waals surface area contributed by atoms with Gasteiger partial charge in [0.25, 0.3) is 5.69 Å². The number of nitro benzene ring substituents is 1. The Morgan fingerprint density at radius 1 is 1.18 bits per heavy atom. The van der Waals surface area contributed by atoms with Crippen molar-refractivity contribution in [1.29, 1.82) is 0 Å². The van der Waals surface area contributed by atoms with E-state index in [0.29, 0.717) is 43.1 Å². The second-order valence-corrected chi connectivity index (χ2v) is 10.0. The zero-order valence-corrected chi connectivity index (χ0v) is 18.9. The minimum Gasteiger partial charge on any atom is -0.486 e. The van der Waals surface area contributed by atoms with Crippen LogP contribution in [0, 0.1) is 23.0 Å². The Balaban J connectivity index is 1.32. The van der Waals surface area contributed by atoms with Gasteiger partial charge in [-0.2, -0.15) is 4.31 Å². The normalized spacial score (nSPS) is 19.1. The van der Waals surface area contributed by atoms with Crippen molar-refractivity contribution in [2.75, 3.05) is 26.2 Å².